The summed E-state index contributed by atoms with van der Waals surface area (Å²) in [5.74, 6) is 0.380. The third-order valence-corrected chi connectivity index (χ3v) is 6.49. The summed E-state index contributed by atoms with van der Waals surface area (Å²) in [7, 11) is 1.54. The molecule has 3 N–H and O–H groups in total. The van der Waals surface area contributed by atoms with Crippen LogP contribution in [-0.4, -0.2) is 29.6 Å². The summed E-state index contributed by atoms with van der Waals surface area (Å²) < 4.78 is 63.0. The highest BCUT2D eigenvalue weighted by atomic mass is 19.4. The molecule has 9 nitrogen and oxygen atoms in total. The molecule has 12 heteroatoms. The van der Waals surface area contributed by atoms with Gasteiger partial charge < -0.3 is 29.4 Å². The van der Waals surface area contributed by atoms with E-state index < -0.39 is 17.8 Å². The molecule has 2 aromatic carbocycles. The number of oxazole rings is 1. The fourth-order valence-corrected chi connectivity index (χ4v) is 4.44. The van der Waals surface area contributed by atoms with E-state index >= 15 is 0 Å². The predicted octanol–water partition coefficient (Wildman–Crippen LogP) is 6.23. The molecular weight excluding hydrogens is 541 g/mol. The number of benzene rings is 2. The van der Waals surface area contributed by atoms with Crippen molar-refractivity contribution in [1.82, 2.24) is 15.3 Å². The Balaban J connectivity index is 1.48. The molecule has 0 saturated carbocycles. The first kappa shape index (κ1) is 28.0. The standard InChI is InChI=1S/C29H27F3N4O5/c1-3-4-12-39-21-10-8-18(17-9-11-23(29(30,31)32)35-25(17)21)28-36-26(22(13-33)41-28)27(37)34-14-16-15-40-20-7-5-6-19(38-2)24(16)20/h5-11,15H,3-4,12-14,33H2,1-2H3,(H,34,37). The highest BCUT2D eigenvalue weighted by Gasteiger charge is 2.33. The number of nitrogens with one attached hydrogen (secondary N) is 1. The monoisotopic (exact) mass is 568 g/mol. The molecule has 1 amide bonds. The summed E-state index contributed by atoms with van der Waals surface area (Å²) >= 11 is 0. The summed E-state index contributed by atoms with van der Waals surface area (Å²) in [6.45, 7) is 2.27. The summed E-state index contributed by atoms with van der Waals surface area (Å²) in [6.07, 6.45) is -1.54. The lowest BCUT2D eigenvalue weighted by Gasteiger charge is -2.13. The molecule has 0 spiro atoms. The third-order valence-electron chi connectivity index (χ3n) is 6.49. The maximum atomic E-state index is 13.5. The Hall–Kier alpha value is -4.58. The zero-order valence-electron chi connectivity index (χ0n) is 22.3. The number of alkyl halides is 3. The van der Waals surface area contributed by atoms with Crippen molar-refractivity contribution < 1.29 is 36.3 Å². The molecule has 41 heavy (non-hydrogen) atoms. The molecule has 0 unspecified atom stereocenters. The lowest BCUT2D eigenvalue weighted by molar-refractivity contribution is -0.140. The second kappa shape index (κ2) is 11.5. The minimum atomic E-state index is -4.64. The van der Waals surface area contributed by atoms with Crippen LogP contribution in [0.3, 0.4) is 0 Å². The highest BCUT2D eigenvalue weighted by Crippen LogP contribution is 2.37. The molecule has 0 aliphatic carbocycles. The largest absolute Gasteiger partial charge is 0.496 e. The minimum absolute atomic E-state index is 0.00714. The number of pyridine rings is 1. The van der Waals surface area contributed by atoms with E-state index in [-0.39, 0.29) is 41.7 Å². The number of methoxy groups -OCH3 is 1. The van der Waals surface area contributed by atoms with E-state index in [1.54, 1.807) is 31.4 Å². The molecular formula is C29H27F3N4O5. The first-order chi connectivity index (χ1) is 19.7. The summed E-state index contributed by atoms with van der Waals surface area (Å²) in [5, 5.41) is 3.84. The van der Waals surface area contributed by atoms with Gasteiger partial charge in [0.2, 0.25) is 5.89 Å². The van der Waals surface area contributed by atoms with Crippen LogP contribution in [0, 0.1) is 0 Å². The Morgan fingerprint density at radius 1 is 1.10 bits per heavy atom. The van der Waals surface area contributed by atoms with Crippen molar-refractivity contribution in [3.05, 3.63) is 71.4 Å². The maximum absolute atomic E-state index is 13.5. The number of rotatable bonds is 10. The van der Waals surface area contributed by atoms with Gasteiger partial charge in [0.1, 0.15) is 28.3 Å². The Morgan fingerprint density at radius 3 is 2.66 bits per heavy atom. The van der Waals surface area contributed by atoms with Crippen LogP contribution >= 0.6 is 0 Å². The van der Waals surface area contributed by atoms with E-state index in [1.807, 2.05) is 6.92 Å². The van der Waals surface area contributed by atoms with Crippen LogP contribution in [0.1, 0.15) is 47.3 Å². The number of unbranched alkanes of at least 4 members (excludes halogenated alkanes) is 1. The molecule has 5 rings (SSSR count). The molecule has 3 aromatic heterocycles. The van der Waals surface area contributed by atoms with Gasteiger partial charge in [0, 0.05) is 23.1 Å². The molecule has 0 fully saturated rings. The van der Waals surface area contributed by atoms with Crippen molar-refractivity contribution >= 4 is 27.8 Å². The number of carbonyl (C=O) groups is 1. The molecule has 0 atom stereocenters. The van der Waals surface area contributed by atoms with Crippen molar-refractivity contribution in [3.63, 3.8) is 0 Å². The summed E-state index contributed by atoms with van der Waals surface area (Å²) in [4.78, 5) is 21.4. The number of hydrogen-bond donors (Lipinski definition) is 2. The summed E-state index contributed by atoms with van der Waals surface area (Å²) in [5.41, 5.74) is 6.40. The quantitative estimate of drug-likeness (QED) is 0.190. The van der Waals surface area contributed by atoms with Crippen molar-refractivity contribution in [2.45, 2.75) is 39.0 Å². The van der Waals surface area contributed by atoms with Gasteiger partial charge >= 0.3 is 6.18 Å². The number of nitrogens with zero attached hydrogens (tertiary/aromatic N) is 2. The third kappa shape index (κ3) is 5.55. The van der Waals surface area contributed by atoms with E-state index in [4.69, 9.17) is 24.0 Å². The number of ether oxygens (including phenoxy) is 2. The van der Waals surface area contributed by atoms with Crippen LogP contribution in [0.2, 0.25) is 0 Å². The van der Waals surface area contributed by atoms with Gasteiger partial charge in [-0.15, -0.1) is 0 Å². The van der Waals surface area contributed by atoms with Crippen LogP contribution < -0.4 is 20.5 Å². The van der Waals surface area contributed by atoms with Crippen molar-refractivity contribution in [2.24, 2.45) is 5.73 Å². The van der Waals surface area contributed by atoms with Crippen LogP contribution in [0.15, 0.2) is 57.6 Å². The number of furan rings is 1. The smallest absolute Gasteiger partial charge is 0.433 e. The first-order valence-electron chi connectivity index (χ1n) is 12.9. The number of halogens is 3. The van der Waals surface area contributed by atoms with Gasteiger partial charge in [-0.25, -0.2) is 9.97 Å². The lowest BCUT2D eigenvalue weighted by atomic mass is 10.1. The van der Waals surface area contributed by atoms with Crippen LogP contribution in [-0.2, 0) is 19.3 Å². The molecule has 3 heterocycles. The Bertz CT molecular complexity index is 1710. The second-order valence-electron chi connectivity index (χ2n) is 9.18. The lowest BCUT2D eigenvalue weighted by Crippen LogP contribution is -2.24. The molecule has 0 aliphatic heterocycles. The van der Waals surface area contributed by atoms with Gasteiger partial charge in [0.15, 0.2) is 11.5 Å². The number of aromatic nitrogens is 2. The van der Waals surface area contributed by atoms with Crippen LogP contribution in [0.25, 0.3) is 33.3 Å². The number of fused-ring (bicyclic) bond motifs is 2. The van der Waals surface area contributed by atoms with Crippen molar-refractivity contribution in [3.8, 4) is 23.0 Å². The van der Waals surface area contributed by atoms with Gasteiger partial charge in [-0.2, -0.15) is 13.2 Å². The molecule has 214 valence electrons. The highest BCUT2D eigenvalue weighted by molar-refractivity contribution is 5.98. The number of carbonyl (C=O) groups excluding carboxylic acids is 1. The van der Waals surface area contributed by atoms with Crippen molar-refractivity contribution in [1.29, 1.82) is 0 Å². The summed E-state index contributed by atoms with van der Waals surface area (Å²) in [6, 6.07) is 10.7. The van der Waals surface area contributed by atoms with Crippen LogP contribution in [0.5, 0.6) is 11.5 Å². The molecule has 0 radical (unpaired) electrons. The fourth-order valence-electron chi connectivity index (χ4n) is 4.44. The Kier molecular flexibility index (Phi) is 7.84. The zero-order chi connectivity index (χ0) is 29.1. The second-order valence-corrected chi connectivity index (χ2v) is 9.18. The van der Waals surface area contributed by atoms with Gasteiger partial charge in [0.05, 0.1) is 31.9 Å². The van der Waals surface area contributed by atoms with Gasteiger partial charge in [-0.05, 0) is 42.8 Å². The molecule has 5 aromatic rings. The van der Waals surface area contributed by atoms with Crippen molar-refractivity contribution in [2.75, 3.05) is 13.7 Å². The topological polar surface area (TPSA) is 126 Å². The van der Waals surface area contributed by atoms with E-state index in [2.05, 4.69) is 15.3 Å². The molecule has 0 bridgehead atoms. The van der Waals surface area contributed by atoms with E-state index in [0.717, 1.165) is 24.3 Å². The normalized spacial score (nSPS) is 11.8. The number of nitrogens with two attached hydrogens (primary N) is 1. The zero-order valence-corrected chi connectivity index (χ0v) is 22.3. The molecule has 0 aliphatic rings. The Morgan fingerprint density at radius 2 is 1.93 bits per heavy atom. The fraction of sp³-hybridized carbons (Fsp3) is 0.276. The number of amides is 1. The van der Waals surface area contributed by atoms with E-state index in [9.17, 15) is 18.0 Å². The van der Waals surface area contributed by atoms with E-state index in [0.29, 0.717) is 34.5 Å². The van der Waals surface area contributed by atoms with Gasteiger partial charge in [-0.3, -0.25) is 4.79 Å². The maximum Gasteiger partial charge on any atom is 0.433 e. The minimum Gasteiger partial charge on any atom is -0.496 e. The first-order valence-corrected chi connectivity index (χ1v) is 12.9. The van der Waals surface area contributed by atoms with Crippen LogP contribution in [0.4, 0.5) is 13.2 Å². The predicted molar refractivity (Wildman–Crippen MR) is 144 cm³/mol. The Labute approximate surface area is 232 Å². The van der Waals surface area contributed by atoms with Gasteiger partial charge in [-0.1, -0.05) is 19.4 Å². The molecule has 0 saturated heterocycles. The van der Waals surface area contributed by atoms with Gasteiger partial charge in [0.25, 0.3) is 5.91 Å². The number of hydrogen-bond acceptors (Lipinski definition) is 8. The average molecular weight is 569 g/mol. The average Bonchev–Trinajstić information content (AvgIpc) is 3.60. The van der Waals surface area contributed by atoms with E-state index in [1.165, 1.54) is 18.4 Å². The SMILES string of the molecule is CCCCOc1ccc(-c2nc(C(=O)NCc3coc4cccc(OC)c34)c(CN)o2)c2ccc(C(F)(F)F)nc12.